The molecule has 1 aromatic rings. The molecular formula is C15H24N4O2. The van der Waals surface area contributed by atoms with E-state index in [1.807, 2.05) is 6.07 Å². The molecule has 116 valence electrons. The van der Waals surface area contributed by atoms with Gasteiger partial charge in [0.15, 0.2) is 0 Å². The molecular weight excluding hydrogens is 268 g/mol. The Hall–Kier alpha value is -1.66. The van der Waals surface area contributed by atoms with Crippen molar-refractivity contribution in [2.45, 2.75) is 25.4 Å². The Morgan fingerprint density at radius 3 is 2.86 bits per heavy atom. The molecule has 1 N–H and O–H groups in total. The van der Waals surface area contributed by atoms with Crippen LogP contribution >= 0.6 is 0 Å². The highest BCUT2D eigenvalue weighted by atomic mass is 16.6. The van der Waals surface area contributed by atoms with Crippen molar-refractivity contribution in [2.24, 2.45) is 0 Å². The van der Waals surface area contributed by atoms with Gasteiger partial charge in [-0.1, -0.05) is 6.07 Å². The molecule has 0 amide bonds. The second-order valence-corrected chi connectivity index (χ2v) is 5.89. The SMILES string of the molecule is CNc1ccc(CN2CCCC2CN(C)C)cc1[N+](=O)[O-]. The number of rotatable bonds is 6. The van der Waals surface area contributed by atoms with Crippen LogP contribution in [0.1, 0.15) is 18.4 Å². The van der Waals surface area contributed by atoms with E-state index < -0.39 is 0 Å². The molecule has 0 bridgehead atoms. The minimum atomic E-state index is -0.323. The van der Waals surface area contributed by atoms with Crippen LogP contribution < -0.4 is 5.32 Å². The fourth-order valence-corrected chi connectivity index (χ4v) is 3.00. The molecule has 6 heteroatoms. The smallest absolute Gasteiger partial charge is 0.292 e. The number of nitrogens with one attached hydrogen (secondary N) is 1. The number of likely N-dealkylation sites (N-methyl/N-ethyl adjacent to an activating group) is 1. The predicted molar refractivity (Wildman–Crippen MR) is 84.6 cm³/mol. The van der Waals surface area contributed by atoms with Crippen molar-refractivity contribution >= 4 is 11.4 Å². The maximum absolute atomic E-state index is 11.1. The average molecular weight is 292 g/mol. The molecule has 1 unspecified atom stereocenters. The highest BCUT2D eigenvalue weighted by molar-refractivity contribution is 5.62. The van der Waals surface area contributed by atoms with E-state index >= 15 is 0 Å². The molecule has 1 heterocycles. The van der Waals surface area contributed by atoms with Crippen LogP contribution in [0.4, 0.5) is 11.4 Å². The standard InChI is InChI=1S/C15H24N4O2/c1-16-14-7-6-12(9-15(14)19(20)21)10-18-8-4-5-13(18)11-17(2)3/h6-7,9,13,16H,4-5,8,10-11H2,1-3H3. The summed E-state index contributed by atoms with van der Waals surface area (Å²) in [6.07, 6.45) is 2.41. The van der Waals surface area contributed by atoms with Crippen molar-refractivity contribution < 1.29 is 4.92 Å². The first-order valence-corrected chi connectivity index (χ1v) is 7.35. The van der Waals surface area contributed by atoms with E-state index in [0.717, 1.165) is 25.2 Å². The van der Waals surface area contributed by atoms with Gasteiger partial charge in [0.05, 0.1) is 4.92 Å². The minimum absolute atomic E-state index is 0.151. The van der Waals surface area contributed by atoms with Crippen LogP contribution in [0.15, 0.2) is 18.2 Å². The molecule has 0 aliphatic carbocycles. The summed E-state index contributed by atoms with van der Waals surface area (Å²) in [7, 11) is 5.88. The lowest BCUT2D eigenvalue weighted by molar-refractivity contribution is -0.384. The van der Waals surface area contributed by atoms with Crippen molar-refractivity contribution in [3.8, 4) is 0 Å². The number of hydrogen-bond donors (Lipinski definition) is 1. The first-order valence-electron chi connectivity index (χ1n) is 7.35. The Labute approximate surface area is 125 Å². The summed E-state index contributed by atoms with van der Waals surface area (Å²) in [5.41, 5.74) is 1.72. The molecule has 0 radical (unpaired) electrons. The number of nitro groups is 1. The topological polar surface area (TPSA) is 61.6 Å². The van der Waals surface area contributed by atoms with Crippen LogP contribution in [0, 0.1) is 10.1 Å². The van der Waals surface area contributed by atoms with Gasteiger partial charge >= 0.3 is 0 Å². The average Bonchev–Trinajstić information content (AvgIpc) is 2.85. The van der Waals surface area contributed by atoms with Gasteiger partial charge in [0.2, 0.25) is 0 Å². The number of benzene rings is 1. The quantitative estimate of drug-likeness (QED) is 0.643. The predicted octanol–water partition coefficient (Wildman–Crippen LogP) is 2.16. The second-order valence-electron chi connectivity index (χ2n) is 5.89. The highest BCUT2D eigenvalue weighted by Gasteiger charge is 2.25. The van der Waals surface area contributed by atoms with Crippen molar-refractivity contribution in [2.75, 3.05) is 39.5 Å². The van der Waals surface area contributed by atoms with Crippen LogP contribution in [0.5, 0.6) is 0 Å². The van der Waals surface area contributed by atoms with Crippen LogP contribution in [0.3, 0.4) is 0 Å². The molecule has 1 aliphatic heterocycles. The Bertz CT molecular complexity index is 504. The van der Waals surface area contributed by atoms with Crippen molar-refractivity contribution in [3.05, 3.63) is 33.9 Å². The summed E-state index contributed by atoms with van der Waals surface area (Å²) in [4.78, 5) is 15.4. The molecule has 1 saturated heterocycles. The molecule has 0 saturated carbocycles. The zero-order valence-corrected chi connectivity index (χ0v) is 13.0. The normalized spacial score (nSPS) is 19.1. The van der Waals surface area contributed by atoms with Crippen LogP contribution in [0.25, 0.3) is 0 Å². The van der Waals surface area contributed by atoms with Gasteiger partial charge in [0, 0.05) is 32.2 Å². The molecule has 1 atom stereocenters. The molecule has 6 nitrogen and oxygen atoms in total. The van der Waals surface area contributed by atoms with Crippen LogP contribution in [0.2, 0.25) is 0 Å². The third kappa shape index (κ3) is 3.92. The lowest BCUT2D eigenvalue weighted by atomic mass is 10.1. The van der Waals surface area contributed by atoms with E-state index in [-0.39, 0.29) is 10.6 Å². The first kappa shape index (κ1) is 15.7. The number of likely N-dealkylation sites (tertiary alicyclic amines) is 1. The molecule has 2 rings (SSSR count). The number of nitro benzene ring substituents is 1. The van der Waals surface area contributed by atoms with E-state index in [1.165, 1.54) is 12.8 Å². The number of hydrogen-bond acceptors (Lipinski definition) is 5. The zero-order chi connectivity index (χ0) is 15.4. The van der Waals surface area contributed by atoms with Crippen LogP contribution in [-0.2, 0) is 6.54 Å². The molecule has 0 aromatic heterocycles. The lowest BCUT2D eigenvalue weighted by Crippen LogP contribution is -2.37. The Morgan fingerprint density at radius 1 is 1.48 bits per heavy atom. The van der Waals surface area contributed by atoms with Crippen molar-refractivity contribution in [1.82, 2.24) is 9.80 Å². The van der Waals surface area contributed by atoms with Crippen molar-refractivity contribution in [1.29, 1.82) is 0 Å². The van der Waals surface area contributed by atoms with Crippen LogP contribution in [-0.4, -0.2) is 55.0 Å². The fraction of sp³-hybridized carbons (Fsp3) is 0.600. The highest BCUT2D eigenvalue weighted by Crippen LogP contribution is 2.27. The zero-order valence-electron chi connectivity index (χ0n) is 13.0. The van der Waals surface area contributed by atoms with Crippen molar-refractivity contribution in [3.63, 3.8) is 0 Å². The van der Waals surface area contributed by atoms with Gasteiger partial charge in [0.1, 0.15) is 5.69 Å². The molecule has 1 aliphatic rings. The lowest BCUT2D eigenvalue weighted by Gasteiger charge is -2.27. The Kier molecular flexibility index (Phi) is 5.14. The van der Waals surface area contributed by atoms with Gasteiger partial charge in [0.25, 0.3) is 5.69 Å². The van der Waals surface area contributed by atoms with Gasteiger partial charge in [-0.15, -0.1) is 0 Å². The summed E-state index contributed by atoms with van der Waals surface area (Å²) in [5.74, 6) is 0. The largest absolute Gasteiger partial charge is 0.383 e. The van der Waals surface area contributed by atoms with E-state index in [2.05, 4.69) is 29.2 Å². The summed E-state index contributed by atoms with van der Waals surface area (Å²) >= 11 is 0. The third-order valence-corrected chi connectivity index (χ3v) is 3.99. The van der Waals surface area contributed by atoms with E-state index in [9.17, 15) is 10.1 Å². The van der Waals surface area contributed by atoms with E-state index in [1.54, 1.807) is 19.2 Å². The Morgan fingerprint density at radius 2 is 2.24 bits per heavy atom. The first-order chi connectivity index (χ1) is 10.0. The van der Waals surface area contributed by atoms with Gasteiger partial charge in [-0.3, -0.25) is 15.0 Å². The van der Waals surface area contributed by atoms with Gasteiger partial charge in [-0.2, -0.15) is 0 Å². The second kappa shape index (κ2) is 6.87. The number of nitrogens with zero attached hydrogens (tertiary/aromatic N) is 3. The summed E-state index contributed by atoms with van der Waals surface area (Å²) in [6.45, 7) is 2.89. The Balaban J connectivity index is 2.12. The summed E-state index contributed by atoms with van der Waals surface area (Å²) < 4.78 is 0. The third-order valence-electron chi connectivity index (χ3n) is 3.99. The molecule has 0 spiro atoms. The fourth-order valence-electron chi connectivity index (χ4n) is 3.00. The van der Waals surface area contributed by atoms with E-state index in [4.69, 9.17) is 0 Å². The number of anilines is 1. The molecule has 1 fully saturated rings. The van der Waals surface area contributed by atoms with Gasteiger partial charge < -0.3 is 10.2 Å². The molecule has 1 aromatic carbocycles. The van der Waals surface area contributed by atoms with Gasteiger partial charge in [-0.25, -0.2) is 0 Å². The van der Waals surface area contributed by atoms with E-state index in [0.29, 0.717) is 11.7 Å². The monoisotopic (exact) mass is 292 g/mol. The maximum atomic E-state index is 11.1. The minimum Gasteiger partial charge on any atom is -0.383 e. The maximum Gasteiger partial charge on any atom is 0.292 e. The molecule has 21 heavy (non-hydrogen) atoms. The van der Waals surface area contributed by atoms with Gasteiger partial charge in [-0.05, 0) is 45.1 Å². The summed E-state index contributed by atoms with van der Waals surface area (Å²) in [5, 5.41) is 14.0. The summed E-state index contributed by atoms with van der Waals surface area (Å²) in [6, 6.07) is 6.01.